The van der Waals surface area contributed by atoms with Crippen LogP contribution in [0, 0.1) is 24.6 Å². The molecule has 5 nitrogen and oxygen atoms in total. The number of nitrogens with zero attached hydrogens (tertiary/aromatic N) is 4. The molecule has 0 amide bonds. The Balaban J connectivity index is 0.00000484. The molecule has 1 aliphatic rings. The van der Waals surface area contributed by atoms with E-state index in [1.807, 2.05) is 31.1 Å². The van der Waals surface area contributed by atoms with Crippen molar-refractivity contribution < 1.29 is 30.2 Å². The first-order valence-electron chi connectivity index (χ1n) is 20.0. The van der Waals surface area contributed by atoms with Gasteiger partial charge in [-0.2, -0.15) is 6.07 Å². The predicted octanol–water partition coefficient (Wildman–Crippen LogP) is 14.3. The second-order valence-corrected chi connectivity index (χ2v) is 16.8. The standard InChI is InChI=1S/C52H46FN4O.Pt/c1-33(2)42-14-12-15-43(34(3)4)51(42)35-27-39(56-32-55(38-21-19-37(53)20-22-38)47-17-10-11-18-48(47)56)30-41(28-35)58-40-23-24-45-44-13-8-9-16-46(44)57(49(45)31-40)50-29-36(25-26-54-50)52(5,6)7;/h8-29,32-34H,1-7H3;/q-3;. The summed E-state index contributed by atoms with van der Waals surface area (Å²) in [7, 11) is 0. The summed E-state index contributed by atoms with van der Waals surface area (Å²) < 4.78 is 23.1. The Morgan fingerprint density at radius 1 is 0.678 bits per heavy atom. The van der Waals surface area contributed by atoms with Crippen LogP contribution in [0.2, 0.25) is 0 Å². The molecule has 0 bridgehead atoms. The first-order chi connectivity index (χ1) is 27.9. The number of pyridine rings is 1. The Hall–Kier alpha value is -5.71. The number of hydrogen-bond donors (Lipinski definition) is 0. The van der Waals surface area contributed by atoms with Crippen molar-refractivity contribution in [2.24, 2.45) is 0 Å². The van der Waals surface area contributed by atoms with Gasteiger partial charge in [-0.25, -0.2) is 9.37 Å². The molecule has 2 aromatic heterocycles. The molecule has 59 heavy (non-hydrogen) atoms. The maximum atomic E-state index is 14.1. The quantitative estimate of drug-likeness (QED) is 0.142. The fourth-order valence-corrected chi connectivity index (χ4v) is 8.15. The molecule has 0 saturated carbocycles. The third-order valence-corrected chi connectivity index (χ3v) is 11.1. The van der Waals surface area contributed by atoms with E-state index in [2.05, 4.69) is 160 Å². The molecule has 0 radical (unpaired) electrons. The van der Waals surface area contributed by atoms with Crippen molar-refractivity contribution in [2.75, 3.05) is 9.80 Å². The van der Waals surface area contributed by atoms with E-state index in [0.29, 0.717) is 23.3 Å². The van der Waals surface area contributed by atoms with Crippen LogP contribution in [0.1, 0.15) is 77.0 Å². The molecule has 300 valence electrons. The minimum absolute atomic E-state index is 0. The number of rotatable bonds is 8. The second-order valence-electron chi connectivity index (χ2n) is 16.8. The van der Waals surface area contributed by atoms with Crippen LogP contribution in [0.15, 0.2) is 134 Å². The second kappa shape index (κ2) is 15.8. The molecule has 0 atom stereocenters. The predicted molar refractivity (Wildman–Crippen MR) is 236 cm³/mol. The number of halogens is 1. The van der Waals surface area contributed by atoms with Crippen LogP contribution in [0.3, 0.4) is 0 Å². The number of anilines is 4. The van der Waals surface area contributed by atoms with Crippen LogP contribution in [0.4, 0.5) is 27.1 Å². The molecule has 0 N–H and O–H groups in total. The monoisotopic (exact) mass is 956 g/mol. The van der Waals surface area contributed by atoms with Crippen LogP contribution in [-0.4, -0.2) is 9.55 Å². The van der Waals surface area contributed by atoms with Crippen molar-refractivity contribution in [1.82, 2.24) is 9.55 Å². The molecule has 0 spiro atoms. The van der Waals surface area contributed by atoms with Gasteiger partial charge in [-0.1, -0.05) is 103 Å². The Bertz CT molecular complexity index is 2790. The van der Waals surface area contributed by atoms with Gasteiger partial charge >= 0.3 is 0 Å². The van der Waals surface area contributed by atoms with Crippen molar-refractivity contribution in [1.29, 1.82) is 0 Å². The normalized spacial score (nSPS) is 12.8. The molecule has 0 aliphatic carbocycles. The fourth-order valence-electron chi connectivity index (χ4n) is 8.15. The van der Waals surface area contributed by atoms with Gasteiger partial charge in [0.15, 0.2) is 0 Å². The summed E-state index contributed by atoms with van der Waals surface area (Å²) in [5, 5.41) is 2.19. The minimum Gasteiger partial charge on any atom is -0.509 e. The molecule has 1 aliphatic heterocycles. The van der Waals surface area contributed by atoms with E-state index in [1.165, 1.54) is 34.4 Å². The molecule has 8 aromatic rings. The first kappa shape index (κ1) is 40.1. The molecule has 6 aromatic carbocycles. The van der Waals surface area contributed by atoms with E-state index >= 15 is 0 Å². The first-order valence-corrected chi connectivity index (χ1v) is 20.0. The molecule has 9 rings (SSSR count). The average molecular weight is 957 g/mol. The molecular formula is C52H46FN4OPt-3. The zero-order valence-corrected chi connectivity index (χ0v) is 36.6. The molecule has 0 saturated heterocycles. The van der Waals surface area contributed by atoms with Crippen molar-refractivity contribution >= 4 is 44.6 Å². The molecule has 0 unspecified atom stereocenters. The minimum atomic E-state index is -0.272. The number of ether oxygens (including phenoxy) is 1. The Kier molecular flexibility index (Phi) is 10.7. The van der Waals surface area contributed by atoms with Crippen LogP contribution in [0.25, 0.3) is 38.8 Å². The van der Waals surface area contributed by atoms with Crippen molar-refractivity contribution in [3.63, 3.8) is 0 Å². The summed E-state index contributed by atoms with van der Waals surface area (Å²) >= 11 is 0. The van der Waals surface area contributed by atoms with Crippen LogP contribution in [0.5, 0.6) is 11.5 Å². The van der Waals surface area contributed by atoms with E-state index in [-0.39, 0.29) is 32.3 Å². The van der Waals surface area contributed by atoms with Crippen LogP contribution in [-0.2, 0) is 26.5 Å². The zero-order chi connectivity index (χ0) is 40.3. The van der Waals surface area contributed by atoms with Gasteiger partial charge in [0.2, 0.25) is 0 Å². The topological polar surface area (TPSA) is 33.5 Å². The third-order valence-electron chi connectivity index (χ3n) is 11.1. The van der Waals surface area contributed by atoms with Gasteiger partial charge in [-0.3, -0.25) is 0 Å². The third kappa shape index (κ3) is 7.44. The average Bonchev–Trinajstić information content (AvgIpc) is 3.76. The number of hydrogen-bond acceptors (Lipinski definition) is 4. The van der Waals surface area contributed by atoms with Gasteiger partial charge in [0.25, 0.3) is 0 Å². The Labute approximate surface area is 361 Å². The van der Waals surface area contributed by atoms with E-state index < -0.39 is 0 Å². The maximum absolute atomic E-state index is 14.1. The molecular weight excluding hydrogens is 911 g/mol. The fraction of sp³-hybridized carbons (Fsp3) is 0.192. The SMILES string of the molecule is CC(C)c1cccc(C(C)C)c1-c1cc(Oc2[c-]c3c(cc2)c2ccccc2n3-c2cc(C(C)(C)C)ccn2)[c-]c(N2[CH-]N(c3ccc(F)cc3)c3ccccc32)c1.[Pt]. The largest absolute Gasteiger partial charge is 0.509 e. The van der Waals surface area contributed by atoms with Gasteiger partial charge < -0.3 is 19.1 Å². The summed E-state index contributed by atoms with van der Waals surface area (Å²) in [6.07, 6.45) is 1.89. The van der Waals surface area contributed by atoms with E-state index in [9.17, 15) is 4.39 Å². The number of para-hydroxylation sites is 3. The van der Waals surface area contributed by atoms with Gasteiger partial charge in [0, 0.05) is 61.3 Å². The van der Waals surface area contributed by atoms with E-state index in [0.717, 1.165) is 55.9 Å². The van der Waals surface area contributed by atoms with E-state index in [4.69, 9.17) is 9.72 Å². The van der Waals surface area contributed by atoms with Crippen LogP contribution >= 0.6 is 0 Å². The van der Waals surface area contributed by atoms with Gasteiger partial charge in [0.1, 0.15) is 11.6 Å². The van der Waals surface area contributed by atoms with Crippen molar-refractivity contribution in [2.45, 2.75) is 65.7 Å². The summed E-state index contributed by atoms with van der Waals surface area (Å²) in [5.74, 6) is 2.29. The smallest absolute Gasteiger partial charge is 0.135 e. The Morgan fingerprint density at radius 2 is 1.36 bits per heavy atom. The van der Waals surface area contributed by atoms with Crippen molar-refractivity contribution in [3.05, 3.63) is 175 Å². The summed E-state index contributed by atoms with van der Waals surface area (Å²) in [6.45, 7) is 17.7. The molecule has 7 heteroatoms. The Morgan fingerprint density at radius 3 is 2.05 bits per heavy atom. The summed E-state index contributed by atoms with van der Waals surface area (Å²) in [5.41, 5.74) is 11.5. The van der Waals surface area contributed by atoms with Gasteiger partial charge in [-0.15, -0.1) is 53.6 Å². The number of aromatic nitrogens is 2. The van der Waals surface area contributed by atoms with Crippen molar-refractivity contribution in [3.8, 4) is 28.4 Å². The van der Waals surface area contributed by atoms with Gasteiger partial charge in [0.05, 0.1) is 0 Å². The number of fused-ring (bicyclic) bond motifs is 4. The number of benzene rings is 6. The zero-order valence-electron chi connectivity index (χ0n) is 34.3. The van der Waals surface area contributed by atoms with Gasteiger partial charge in [-0.05, 0) is 99.5 Å². The molecule has 0 fully saturated rings. The van der Waals surface area contributed by atoms with E-state index in [1.54, 1.807) is 12.1 Å². The van der Waals surface area contributed by atoms with Crippen LogP contribution < -0.4 is 14.5 Å². The molecule has 3 heterocycles. The summed E-state index contributed by atoms with van der Waals surface area (Å²) in [4.78, 5) is 9.09. The maximum Gasteiger partial charge on any atom is 0.135 e. The summed E-state index contributed by atoms with van der Waals surface area (Å²) in [6, 6.07) is 49.9.